The Morgan fingerprint density at radius 1 is 1.08 bits per heavy atom. The lowest BCUT2D eigenvalue weighted by Crippen LogP contribution is -2.04. The second-order valence-electron chi connectivity index (χ2n) is 5.58. The Morgan fingerprint density at radius 3 is 2.75 bits per heavy atom. The van der Waals surface area contributed by atoms with Gasteiger partial charge in [-0.3, -0.25) is 0 Å². The van der Waals surface area contributed by atoms with Crippen LogP contribution >= 0.6 is 11.8 Å². The van der Waals surface area contributed by atoms with E-state index in [1.54, 1.807) is 11.8 Å². The highest BCUT2D eigenvalue weighted by Crippen LogP contribution is 2.38. The van der Waals surface area contributed by atoms with Crippen molar-refractivity contribution in [3.8, 4) is 22.6 Å². The number of carbonyl (C=O) groups is 1. The number of esters is 1. The predicted molar refractivity (Wildman–Crippen MR) is 93.3 cm³/mol. The van der Waals surface area contributed by atoms with Crippen LogP contribution in [0.2, 0.25) is 0 Å². The molecule has 0 unspecified atom stereocenters. The molecule has 0 atom stereocenters. The molecule has 0 fully saturated rings. The molecule has 5 heteroatoms. The number of carbonyl (C=O) groups excluding carboxylic acids is 1. The molecule has 0 bridgehead atoms. The number of rotatable bonds is 2. The molecule has 2 aromatic carbocycles. The van der Waals surface area contributed by atoms with Crippen LogP contribution in [0.25, 0.3) is 17.2 Å². The largest absolute Gasteiger partial charge is 0.466 e. The maximum atomic E-state index is 11.9. The number of ether oxygens (including phenoxy) is 3. The van der Waals surface area contributed by atoms with E-state index >= 15 is 0 Å². The van der Waals surface area contributed by atoms with E-state index in [1.165, 1.54) is 12.0 Å². The summed E-state index contributed by atoms with van der Waals surface area (Å²) in [5.41, 5.74) is 3.90. The first-order valence-electron chi connectivity index (χ1n) is 7.70. The van der Waals surface area contributed by atoms with Crippen LogP contribution in [0.1, 0.15) is 12.0 Å². The van der Waals surface area contributed by atoms with Crippen molar-refractivity contribution in [2.24, 2.45) is 0 Å². The average molecular weight is 340 g/mol. The van der Waals surface area contributed by atoms with E-state index in [2.05, 4.69) is 18.2 Å². The smallest absolute Gasteiger partial charge is 0.333 e. The van der Waals surface area contributed by atoms with Crippen LogP contribution in [0.5, 0.6) is 11.5 Å². The monoisotopic (exact) mass is 340 g/mol. The summed E-state index contributed by atoms with van der Waals surface area (Å²) in [7, 11) is 1.42. The number of hydrogen-bond acceptors (Lipinski definition) is 5. The van der Waals surface area contributed by atoms with Crippen molar-refractivity contribution < 1.29 is 19.0 Å². The number of hydrogen-bond donors (Lipinski definition) is 0. The van der Waals surface area contributed by atoms with Crippen molar-refractivity contribution in [1.29, 1.82) is 0 Å². The zero-order valence-corrected chi connectivity index (χ0v) is 14.0. The van der Waals surface area contributed by atoms with Crippen molar-refractivity contribution >= 4 is 23.8 Å². The van der Waals surface area contributed by atoms with E-state index in [0.717, 1.165) is 33.9 Å². The Hall–Kier alpha value is -2.40. The van der Waals surface area contributed by atoms with Crippen LogP contribution in [-0.2, 0) is 9.53 Å². The normalized spacial score (nSPS) is 15.3. The summed E-state index contributed by atoms with van der Waals surface area (Å²) in [4.78, 5) is 13.1. The Labute approximate surface area is 144 Å². The molecule has 0 saturated carbocycles. The number of benzene rings is 2. The summed E-state index contributed by atoms with van der Waals surface area (Å²) < 4.78 is 15.7. The van der Waals surface area contributed by atoms with Gasteiger partial charge < -0.3 is 14.2 Å². The average Bonchev–Trinajstić information content (AvgIpc) is 2.98. The molecule has 4 nitrogen and oxygen atoms in total. The minimum absolute atomic E-state index is 0.253. The molecule has 0 aromatic heterocycles. The number of methoxy groups -OCH3 is 1. The van der Waals surface area contributed by atoms with Crippen molar-refractivity contribution in [1.82, 2.24) is 0 Å². The van der Waals surface area contributed by atoms with Gasteiger partial charge in [0.2, 0.25) is 6.79 Å². The van der Waals surface area contributed by atoms with Gasteiger partial charge in [0, 0.05) is 16.2 Å². The van der Waals surface area contributed by atoms with E-state index in [-0.39, 0.29) is 12.8 Å². The lowest BCUT2D eigenvalue weighted by molar-refractivity contribution is -0.136. The zero-order valence-electron chi connectivity index (χ0n) is 13.2. The molecular formula is C19H16O4S. The maximum absolute atomic E-state index is 11.9. The van der Waals surface area contributed by atoms with Gasteiger partial charge >= 0.3 is 5.97 Å². The third-order valence-electron chi connectivity index (χ3n) is 4.12. The van der Waals surface area contributed by atoms with Gasteiger partial charge in [-0.05, 0) is 53.5 Å². The molecule has 24 heavy (non-hydrogen) atoms. The van der Waals surface area contributed by atoms with Crippen LogP contribution in [0.15, 0.2) is 46.9 Å². The van der Waals surface area contributed by atoms with E-state index in [1.807, 2.05) is 24.3 Å². The van der Waals surface area contributed by atoms with Gasteiger partial charge in [-0.1, -0.05) is 12.1 Å². The van der Waals surface area contributed by atoms with Crippen LogP contribution in [-0.4, -0.2) is 25.6 Å². The van der Waals surface area contributed by atoms with Crippen molar-refractivity contribution in [2.45, 2.75) is 11.3 Å². The Bertz CT molecular complexity index is 841. The van der Waals surface area contributed by atoms with Gasteiger partial charge in [0.05, 0.1) is 7.11 Å². The molecule has 0 aliphatic carbocycles. The second kappa shape index (κ2) is 6.24. The first-order valence-corrected chi connectivity index (χ1v) is 8.69. The first-order chi connectivity index (χ1) is 11.7. The summed E-state index contributed by atoms with van der Waals surface area (Å²) in [6.07, 6.45) is 2.66. The SMILES string of the molecule is COC(=O)C1=Cc2cc(-c3ccc4c(c3)OCO4)ccc2SCC1. The van der Waals surface area contributed by atoms with Gasteiger partial charge in [0.1, 0.15) is 0 Å². The summed E-state index contributed by atoms with van der Waals surface area (Å²) >= 11 is 1.76. The molecular weight excluding hydrogens is 324 g/mol. The lowest BCUT2D eigenvalue weighted by atomic mass is 10.0. The van der Waals surface area contributed by atoms with E-state index in [9.17, 15) is 4.79 Å². The molecule has 0 amide bonds. The van der Waals surface area contributed by atoms with Crippen LogP contribution in [0, 0.1) is 0 Å². The summed E-state index contributed by atoms with van der Waals surface area (Å²) in [6, 6.07) is 12.2. The summed E-state index contributed by atoms with van der Waals surface area (Å²) in [5.74, 6) is 2.16. The van der Waals surface area contributed by atoms with Gasteiger partial charge in [-0.15, -0.1) is 11.8 Å². The van der Waals surface area contributed by atoms with Crippen LogP contribution < -0.4 is 9.47 Å². The van der Waals surface area contributed by atoms with Gasteiger partial charge in [0.25, 0.3) is 0 Å². The Morgan fingerprint density at radius 2 is 1.88 bits per heavy atom. The zero-order chi connectivity index (χ0) is 16.5. The first kappa shape index (κ1) is 15.1. The fraction of sp³-hybridized carbons (Fsp3) is 0.211. The van der Waals surface area contributed by atoms with Gasteiger partial charge in [-0.2, -0.15) is 0 Å². The molecule has 4 rings (SSSR count). The summed E-state index contributed by atoms with van der Waals surface area (Å²) in [6.45, 7) is 0.269. The topological polar surface area (TPSA) is 44.8 Å². The minimum Gasteiger partial charge on any atom is -0.466 e. The minimum atomic E-state index is -0.253. The van der Waals surface area contributed by atoms with Gasteiger partial charge in [-0.25, -0.2) is 4.79 Å². The van der Waals surface area contributed by atoms with Gasteiger partial charge in [0.15, 0.2) is 11.5 Å². The fourth-order valence-electron chi connectivity index (χ4n) is 2.87. The molecule has 2 heterocycles. The fourth-order valence-corrected chi connectivity index (χ4v) is 3.86. The molecule has 0 saturated heterocycles. The van der Waals surface area contributed by atoms with E-state index < -0.39 is 0 Å². The highest BCUT2D eigenvalue weighted by Gasteiger charge is 2.17. The summed E-state index contributed by atoms with van der Waals surface area (Å²) in [5, 5.41) is 0. The third kappa shape index (κ3) is 2.76. The highest BCUT2D eigenvalue weighted by atomic mass is 32.2. The second-order valence-corrected chi connectivity index (χ2v) is 6.72. The van der Waals surface area contributed by atoms with Crippen molar-refractivity contribution in [3.05, 3.63) is 47.5 Å². The third-order valence-corrected chi connectivity index (χ3v) is 5.21. The number of thioether (sulfide) groups is 1. The number of fused-ring (bicyclic) bond motifs is 2. The molecule has 122 valence electrons. The quantitative estimate of drug-likeness (QED) is 0.769. The molecule has 2 aromatic rings. The predicted octanol–water partition coefficient (Wildman–Crippen LogP) is 4.13. The molecule has 0 spiro atoms. The lowest BCUT2D eigenvalue weighted by Gasteiger charge is -2.08. The molecule has 0 N–H and O–H groups in total. The standard InChI is InChI=1S/C19H16O4S/c1-21-19(20)14-6-7-24-18-5-3-12(8-15(18)9-14)13-2-4-16-17(10-13)23-11-22-16/h2-5,8-10H,6-7,11H2,1H3. The Balaban J connectivity index is 1.74. The van der Waals surface area contributed by atoms with E-state index in [0.29, 0.717) is 12.0 Å². The van der Waals surface area contributed by atoms with E-state index in [4.69, 9.17) is 14.2 Å². The van der Waals surface area contributed by atoms with Crippen molar-refractivity contribution in [2.75, 3.05) is 19.7 Å². The Kier molecular flexibility index (Phi) is 3.94. The molecule has 2 aliphatic rings. The maximum Gasteiger partial charge on any atom is 0.333 e. The molecule has 2 aliphatic heterocycles. The van der Waals surface area contributed by atoms with Crippen molar-refractivity contribution in [3.63, 3.8) is 0 Å². The van der Waals surface area contributed by atoms with Crippen LogP contribution in [0.4, 0.5) is 0 Å². The highest BCUT2D eigenvalue weighted by molar-refractivity contribution is 7.99. The molecule has 0 radical (unpaired) electrons. The van der Waals surface area contributed by atoms with Crippen LogP contribution in [0.3, 0.4) is 0 Å².